The molecule has 2 heteroatoms. The van der Waals surface area contributed by atoms with Crippen LogP contribution in [0, 0.1) is 0 Å². The molecule has 0 aromatic heterocycles. The molecule has 1 aromatic carbocycles. The summed E-state index contributed by atoms with van der Waals surface area (Å²) in [6.07, 6.45) is 5.07. The highest BCUT2D eigenvalue weighted by Crippen LogP contribution is 2.20. The molecule has 0 aliphatic carbocycles. The van der Waals surface area contributed by atoms with Crippen molar-refractivity contribution >= 4 is 0 Å². The topological polar surface area (TPSA) is 21.3 Å². The maximum absolute atomic E-state index is 5.50. The first-order valence-electron chi connectivity index (χ1n) is 7.66. The van der Waals surface area contributed by atoms with Crippen LogP contribution in [0.25, 0.3) is 0 Å². The monoisotopic (exact) mass is 263 g/mol. The van der Waals surface area contributed by atoms with Gasteiger partial charge in [0.2, 0.25) is 0 Å². The van der Waals surface area contributed by atoms with E-state index in [2.05, 4.69) is 49.5 Å². The van der Waals surface area contributed by atoms with Crippen molar-refractivity contribution in [3.8, 4) is 0 Å². The Kier molecular flexibility index (Phi) is 8.52. The van der Waals surface area contributed by atoms with Crippen LogP contribution in [-0.4, -0.2) is 19.3 Å². The predicted octanol–water partition coefficient (Wildman–Crippen LogP) is 4.32. The second-order valence-electron chi connectivity index (χ2n) is 5.19. The third-order valence-electron chi connectivity index (χ3n) is 3.36. The van der Waals surface area contributed by atoms with Gasteiger partial charge in [-0.25, -0.2) is 0 Å². The molecule has 0 amide bonds. The van der Waals surface area contributed by atoms with E-state index in [1.165, 1.54) is 31.2 Å². The molecule has 1 N–H and O–H groups in total. The molecule has 2 atom stereocenters. The number of ether oxygens (including phenoxy) is 1. The molecule has 0 heterocycles. The van der Waals surface area contributed by atoms with E-state index in [0.29, 0.717) is 12.1 Å². The van der Waals surface area contributed by atoms with Crippen LogP contribution in [0.3, 0.4) is 0 Å². The molecule has 19 heavy (non-hydrogen) atoms. The maximum atomic E-state index is 5.50. The summed E-state index contributed by atoms with van der Waals surface area (Å²) in [6.45, 7) is 8.07. The van der Waals surface area contributed by atoms with Crippen LogP contribution < -0.4 is 5.32 Å². The smallest absolute Gasteiger partial charge is 0.0616 e. The molecule has 0 spiro atoms. The molecule has 0 saturated heterocycles. The highest BCUT2D eigenvalue weighted by Gasteiger charge is 2.13. The fourth-order valence-corrected chi connectivity index (χ4v) is 2.32. The zero-order valence-corrected chi connectivity index (χ0v) is 12.7. The number of hydrogen-bond donors (Lipinski definition) is 1. The van der Waals surface area contributed by atoms with Crippen molar-refractivity contribution in [1.29, 1.82) is 0 Å². The Bertz CT molecular complexity index is 312. The molecular formula is C17H29NO. The zero-order valence-electron chi connectivity index (χ0n) is 12.7. The first-order valence-corrected chi connectivity index (χ1v) is 7.66. The van der Waals surface area contributed by atoms with E-state index in [9.17, 15) is 0 Å². The molecule has 0 fully saturated rings. The molecule has 2 nitrogen and oxygen atoms in total. The number of rotatable bonds is 10. The lowest BCUT2D eigenvalue weighted by molar-refractivity contribution is 0.122. The molecule has 1 rings (SSSR count). The van der Waals surface area contributed by atoms with Crippen molar-refractivity contribution in [3.05, 3.63) is 35.9 Å². The third kappa shape index (κ3) is 6.74. The van der Waals surface area contributed by atoms with Gasteiger partial charge in [-0.2, -0.15) is 0 Å². The first kappa shape index (κ1) is 16.2. The summed E-state index contributed by atoms with van der Waals surface area (Å²) in [6, 6.07) is 11.6. The van der Waals surface area contributed by atoms with E-state index >= 15 is 0 Å². The Morgan fingerprint density at radius 1 is 1.11 bits per heavy atom. The fraction of sp³-hybridized carbons (Fsp3) is 0.647. The summed E-state index contributed by atoms with van der Waals surface area (Å²) in [4.78, 5) is 0. The average Bonchev–Trinajstić information content (AvgIpc) is 2.45. The Balaban J connectivity index is 2.54. The van der Waals surface area contributed by atoms with Gasteiger partial charge in [-0.1, -0.05) is 56.5 Å². The minimum absolute atomic E-state index is 0.395. The van der Waals surface area contributed by atoms with Crippen LogP contribution in [0.4, 0.5) is 0 Å². The normalized spacial score (nSPS) is 14.3. The number of hydrogen-bond acceptors (Lipinski definition) is 2. The van der Waals surface area contributed by atoms with Gasteiger partial charge in [-0.15, -0.1) is 0 Å². The first-order chi connectivity index (χ1) is 9.27. The average molecular weight is 263 g/mol. The SMILES string of the molecule is CCCCCC(NC(C)COCC)c1ccccc1. The maximum Gasteiger partial charge on any atom is 0.0616 e. The fourth-order valence-electron chi connectivity index (χ4n) is 2.32. The van der Waals surface area contributed by atoms with E-state index in [4.69, 9.17) is 4.74 Å². The van der Waals surface area contributed by atoms with Crippen molar-refractivity contribution in [3.63, 3.8) is 0 Å². The lowest BCUT2D eigenvalue weighted by atomic mass is 9.99. The molecule has 1 aromatic rings. The lowest BCUT2D eigenvalue weighted by Crippen LogP contribution is -2.34. The number of benzene rings is 1. The van der Waals surface area contributed by atoms with E-state index in [-0.39, 0.29) is 0 Å². The molecule has 0 aliphatic heterocycles. The molecule has 0 saturated carbocycles. The molecule has 108 valence electrons. The summed E-state index contributed by atoms with van der Waals surface area (Å²) in [5.41, 5.74) is 1.39. The van der Waals surface area contributed by atoms with Crippen LogP contribution in [-0.2, 0) is 4.74 Å². The largest absolute Gasteiger partial charge is 0.380 e. The van der Waals surface area contributed by atoms with Gasteiger partial charge in [0.1, 0.15) is 0 Å². The van der Waals surface area contributed by atoms with Gasteiger partial charge in [-0.3, -0.25) is 0 Å². The second-order valence-corrected chi connectivity index (χ2v) is 5.19. The van der Waals surface area contributed by atoms with E-state index < -0.39 is 0 Å². The Morgan fingerprint density at radius 3 is 2.47 bits per heavy atom. The van der Waals surface area contributed by atoms with Crippen molar-refractivity contribution < 1.29 is 4.74 Å². The molecule has 0 radical (unpaired) electrons. The molecule has 2 unspecified atom stereocenters. The molecule has 0 bridgehead atoms. The van der Waals surface area contributed by atoms with Crippen LogP contribution in [0.1, 0.15) is 58.1 Å². The standard InChI is InChI=1S/C17H29NO/c1-4-6-8-13-17(16-11-9-7-10-12-16)18-15(3)14-19-5-2/h7,9-12,15,17-18H,4-6,8,13-14H2,1-3H3. The van der Waals surface area contributed by atoms with E-state index in [1.54, 1.807) is 0 Å². The zero-order chi connectivity index (χ0) is 13.9. The van der Waals surface area contributed by atoms with Crippen LogP contribution >= 0.6 is 0 Å². The highest BCUT2D eigenvalue weighted by atomic mass is 16.5. The van der Waals surface area contributed by atoms with E-state index in [0.717, 1.165) is 13.2 Å². The van der Waals surface area contributed by atoms with Gasteiger partial charge in [0, 0.05) is 18.7 Å². The van der Waals surface area contributed by atoms with Crippen molar-refractivity contribution in [1.82, 2.24) is 5.32 Å². The van der Waals surface area contributed by atoms with Gasteiger partial charge in [0.05, 0.1) is 6.61 Å². The van der Waals surface area contributed by atoms with Gasteiger partial charge in [0.15, 0.2) is 0 Å². The Hall–Kier alpha value is -0.860. The third-order valence-corrected chi connectivity index (χ3v) is 3.36. The summed E-state index contributed by atoms with van der Waals surface area (Å²) >= 11 is 0. The van der Waals surface area contributed by atoms with Crippen molar-refractivity contribution in [2.75, 3.05) is 13.2 Å². The highest BCUT2D eigenvalue weighted by molar-refractivity contribution is 5.18. The quantitative estimate of drug-likeness (QED) is 0.635. The minimum Gasteiger partial charge on any atom is -0.380 e. The number of nitrogens with one attached hydrogen (secondary N) is 1. The van der Waals surface area contributed by atoms with Gasteiger partial charge < -0.3 is 10.1 Å². The summed E-state index contributed by atoms with van der Waals surface area (Å²) in [5.74, 6) is 0. The summed E-state index contributed by atoms with van der Waals surface area (Å²) in [7, 11) is 0. The van der Waals surface area contributed by atoms with Gasteiger partial charge in [0.25, 0.3) is 0 Å². The predicted molar refractivity (Wildman–Crippen MR) is 82.4 cm³/mol. The Labute approximate surface area is 118 Å². The van der Waals surface area contributed by atoms with Crippen molar-refractivity contribution in [2.24, 2.45) is 0 Å². The summed E-state index contributed by atoms with van der Waals surface area (Å²) in [5, 5.41) is 3.70. The summed E-state index contributed by atoms with van der Waals surface area (Å²) < 4.78 is 5.50. The van der Waals surface area contributed by atoms with Crippen LogP contribution in [0.15, 0.2) is 30.3 Å². The lowest BCUT2D eigenvalue weighted by Gasteiger charge is -2.24. The van der Waals surface area contributed by atoms with Gasteiger partial charge in [-0.05, 0) is 25.8 Å². The second kappa shape index (κ2) is 9.99. The van der Waals surface area contributed by atoms with Gasteiger partial charge >= 0.3 is 0 Å². The molecule has 0 aliphatic rings. The van der Waals surface area contributed by atoms with Crippen LogP contribution in [0.2, 0.25) is 0 Å². The van der Waals surface area contributed by atoms with Crippen LogP contribution in [0.5, 0.6) is 0 Å². The number of unbranched alkanes of at least 4 members (excludes halogenated alkanes) is 2. The Morgan fingerprint density at radius 2 is 1.84 bits per heavy atom. The van der Waals surface area contributed by atoms with E-state index in [1.807, 2.05) is 6.92 Å². The minimum atomic E-state index is 0.395. The van der Waals surface area contributed by atoms with Crippen molar-refractivity contribution in [2.45, 2.75) is 58.5 Å². The molecular weight excluding hydrogens is 234 g/mol.